The maximum atomic E-state index is 13.3. The van der Waals surface area contributed by atoms with Gasteiger partial charge < -0.3 is 10.6 Å². The van der Waals surface area contributed by atoms with E-state index in [0.717, 1.165) is 48.9 Å². The minimum absolute atomic E-state index is 0.00274. The average Bonchev–Trinajstić information content (AvgIpc) is 3.73. The highest BCUT2D eigenvalue weighted by molar-refractivity contribution is 8.00. The zero-order valence-corrected chi connectivity index (χ0v) is 32.6. The number of imide groups is 2. The van der Waals surface area contributed by atoms with E-state index < -0.39 is 35.7 Å². The molecule has 55 heavy (non-hydrogen) atoms. The average molecular weight is 801 g/mol. The molecule has 284 valence electrons. The fourth-order valence-corrected chi connectivity index (χ4v) is 9.13. The maximum absolute atomic E-state index is 13.3. The van der Waals surface area contributed by atoms with E-state index in [2.05, 4.69) is 40.0 Å². The molecule has 6 amide bonds. The number of benzene rings is 2. The van der Waals surface area contributed by atoms with Gasteiger partial charge in [-0.25, -0.2) is 0 Å². The lowest BCUT2D eigenvalue weighted by atomic mass is 9.99. The number of aliphatic imine (C=N–C) groups is 1. The molecule has 0 bridgehead atoms. The molecule has 1 saturated heterocycles. The van der Waals surface area contributed by atoms with Crippen LogP contribution >= 0.6 is 34.7 Å². The van der Waals surface area contributed by atoms with Crippen LogP contribution in [0.4, 0.5) is 0 Å². The summed E-state index contributed by atoms with van der Waals surface area (Å²) in [5.41, 5.74) is 4.08. The Morgan fingerprint density at radius 1 is 0.945 bits per heavy atom. The summed E-state index contributed by atoms with van der Waals surface area (Å²) < 4.78 is 2.00. The highest BCUT2D eigenvalue weighted by Gasteiger charge is 2.45. The Kier molecular flexibility index (Phi) is 11.0. The zero-order valence-electron chi connectivity index (χ0n) is 30.2. The van der Waals surface area contributed by atoms with Gasteiger partial charge in [-0.3, -0.25) is 48.5 Å². The molecule has 5 heterocycles. The molecule has 7 rings (SSSR count). The quantitative estimate of drug-likeness (QED) is 0.106. The first kappa shape index (κ1) is 38.1. The lowest BCUT2D eigenvalue weighted by molar-refractivity contribution is -0.136. The van der Waals surface area contributed by atoms with Crippen molar-refractivity contribution in [3.63, 3.8) is 0 Å². The van der Waals surface area contributed by atoms with Crippen molar-refractivity contribution in [2.75, 3.05) is 18.8 Å². The first-order chi connectivity index (χ1) is 26.4. The first-order valence-electron chi connectivity index (χ1n) is 17.8. The number of fused-ring (bicyclic) bond motifs is 4. The van der Waals surface area contributed by atoms with Crippen LogP contribution in [0.25, 0.3) is 5.00 Å². The predicted octanol–water partition coefficient (Wildman–Crippen LogP) is 4.40. The molecular weight excluding hydrogens is 764 g/mol. The summed E-state index contributed by atoms with van der Waals surface area (Å²) in [5, 5.41) is 18.4. The summed E-state index contributed by atoms with van der Waals surface area (Å²) in [6, 6.07) is 10.7. The van der Waals surface area contributed by atoms with Gasteiger partial charge >= 0.3 is 0 Å². The number of nitrogens with zero attached hydrogens (tertiary/aromatic N) is 5. The first-order valence-corrected chi connectivity index (χ1v) is 20.0. The molecule has 0 spiro atoms. The van der Waals surface area contributed by atoms with Crippen molar-refractivity contribution in [3.05, 3.63) is 91.8 Å². The van der Waals surface area contributed by atoms with E-state index in [0.29, 0.717) is 47.5 Å². The lowest BCUT2D eigenvalue weighted by Crippen LogP contribution is -2.54. The molecule has 0 radical (unpaired) electrons. The van der Waals surface area contributed by atoms with Gasteiger partial charge in [0.25, 0.3) is 11.8 Å². The minimum atomic E-state index is -1.07. The van der Waals surface area contributed by atoms with Crippen LogP contribution in [0.2, 0.25) is 5.02 Å². The van der Waals surface area contributed by atoms with Gasteiger partial charge in [0.05, 0.1) is 29.0 Å². The number of nitrogens with one attached hydrogen (secondary N) is 3. The normalized spacial score (nSPS) is 17.6. The van der Waals surface area contributed by atoms with Crippen LogP contribution in [-0.2, 0) is 19.2 Å². The van der Waals surface area contributed by atoms with Crippen LogP contribution in [0.15, 0.2) is 52.4 Å². The minimum Gasteiger partial charge on any atom is -0.356 e. The molecular formula is C38H37ClN8O6S2. The number of amides is 6. The van der Waals surface area contributed by atoms with E-state index in [9.17, 15) is 28.8 Å². The molecule has 3 aliphatic heterocycles. The third-order valence-electron chi connectivity index (χ3n) is 9.77. The van der Waals surface area contributed by atoms with Crippen molar-refractivity contribution in [3.8, 4) is 5.00 Å². The van der Waals surface area contributed by atoms with E-state index in [1.165, 1.54) is 6.07 Å². The Balaban J connectivity index is 0.906. The Bertz CT molecular complexity index is 2280. The van der Waals surface area contributed by atoms with Crippen LogP contribution in [-0.4, -0.2) is 85.7 Å². The number of unbranched alkanes of at least 4 members (excludes halogenated alkanes) is 1. The second-order valence-electron chi connectivity index (χ2n) is 13.4. The summed E-state index contributed by atoms with van der Waals surface area (Å²) in [6.07, 6.45) is 1.39. The molecule has 4 aromatic rings. The molecule has 14 nitrogen and oxygen atoms in total. The number of aryl methyl sites for hydroxylation is 2. The highest BCUT2D eigenvalue weighted by Crippen LogP contribution is 2.40. The fourth-order valence-electron chi connectivity index (χ4n) is 6.88. The van der Waals surface area contributed by atoms with E-state index in [1.54, 1.807) is 23.5 Å². The van der Waals surface area contributed by atoms with Crippen molar-refractivity contribution in [1.82, 2.24) is 35.6 Å². The zero-order chi connectivity index (χ0) is 39.0. The van der Waals surface area contributed by atoms with Gasteiger partial charge in [-0.2, -0.15) is 0 Å². The predicted molar refractivity (Wildman–Crippen MR) is 207 cm³/mol. The number of hydrogen-bond donors (Lipinski definition) is 3. The SMILES string of the molecule is Cc1sc2c(c1C)C(c1ccc(Cl)cc1)=N[C@@H](CC(=O)NCCCCNC(=O)CSc1cccc3c1C(=O)N(C1CCC(=O)NC1=O)C3=O)c1nnc(C)n1-2. The summed E-state index contributed by atoms with van der Waals surface area (Å²) in [5.74, 6) is -1.47. The summed E-state index contributed by atoms with van der Waals surface area (Å²) in [7, 11) is 0. The third kappa shape index (κ3) is 7.58. The standard InChI is InChI=1S/C38H37ClN8O6S2/c1-19-20(2)55-38-31(19)33(22-9-11-23(39)12-10-22)42-25(34-45-44-21(3)46(34)38)17-29(49)40-15-4-5-16-41-30(50)18-54-27-8-6-7-24-32(27)37(53)47(36(24)52)26-13-14-28(48)43-35(26)51/h6-12,25-26H,4-5,13-18H2,1-3H3,(H,40,49)(H,41,50)(H,43,48,51)/t25-,26?/m0/s1. The van der Waals surface area contributed by atoms with Gasteiger partial charge in [0.1, 0.15) is 22.9 Å². The van der Waals surface area contributed by atoms with Crippen molar-refractivity contribution >= 4 is 75.9 Å². The van der Waals surface area contributed by atoms with Gasteiger partial charge in [0.15, 0.2) is 5.82 Å². The molecule has 0 saturated carbocycles. The number of piperidine rings is 1. The summed E-state index contributed by atoms with van der Waals surface area (Å²) >= 11 is 8.98. The largest absolute Gasteiger partial charge is 0.356 e. The molecule has 1 unspecified atom stereocenters. The number of carbonyl (C=O) groups is 6. The Morgan fingerprint density at radius 3 is 2.40 bits per heavy atom. The molecule has 17 heteroatoms. The van der Waals surface area contributed by atoms with Crippen molar-refractivity contribution in [2.24, 2.45) is 4.99 Å². The maximum Gasteiger partial charge on any atom is 0.263 e. The van der Waals surface area contributed by atoms with E-state index in [-0.39, 0.29) is 48.0 Å². The van der Waals surface area contributed by atoms with Crippen molar-refractivity contribution in [1.29, 1.82) is 0 Å². The molecule has 1 fully saturated rings. The van der Waals surface area contributed by atoms with Gasteiger partial charge in [-0.1, -0.05) is 29.8 Å². The number of halogens is 1. The molecule has 2 aromatic carbocycles. The highest BCUT2D eigenvalue weighted by atomic mass is 35.5. The van der Waals surface area contributed by atoms with Crippen LogP contribution < -0.4 is 16.0 Å². The Morgan fingerprint density at radius 2 is 1.67 bits per heavy atom. The van der Waals surface area contributed by atoms with E-state index in [4.69, 9.17) is 16.6 Å². The second kappa shape index (κ2) is 15.9. The molecule has 0 aliphatic carbocycles. The molecule has 2 atom stereocenters. The number of hydrogen-bond acceptors (Lipinski definition) is 11. The summed E-state index contributed by atoms with van der Waals surface area (Å²) in [4.78, 5) is 84.1. The van der Waals surface area contributed by atoms with Gasteiger partial charge in [-0.15, -0.1) is 33.3 Å². The number of thiophene rings is 1. The number of carbonyl (C=O) groups excluding carboxylic acids is 6. The van der Waals surface area contributed by atoms with E-state index in [1.807, 2.05) is 35.8 Å². The number of thioether (sulfide) groups is 1. The molecule has 3 N–H and O–H groups in total. The third-order valence-corrected chi connectivity index (χ3v) is 12.3. The lowest BCUT2D eigenvalue weighted by Gasteiger charge is -2.27. The van der Waals surface area contributed by atoms with Gasteiger partial charge in [0, 0.05) is 45.4 Å². The molecule has 2 aromatic heterocycles. The van der Waals surface area contributed by atoms with Gasteiger partial charge in [-0.05, 0) is 69.9 Å². The second-order valence-corrected chi connectivity index (χ2v) is 16.1. The Hall–Kier alpha value is -5.19. The van der Waals surface area contributed by atoms with Crippen molar-refractivity contribution < 1.29 is 28.8 Å². The van der Waals surface area contributed by atoms with Gasteiger partial charge in [0.2, 0.25) is 23.6 Å². The smallest absolute Gasteiger partial charge is 0.263 e. The monoisotopic (exact) mass is 800 g/mol. The van der Waals surface area contributed by atoms with Crippen LogP contribution in [0, 0.1) is 20.8 Å². The van der Waals surface area contributed by atoms with E-state index >= 15 is 0 Å². The van der Waals surface area contributed by atoms with Crippen LogP contribution in [0.5, 0.6) is 0 Å². The van der Waals surface area contributed by atoms with Crippen molar-refractivity contribution in [2.45, 2.75) is 69.9 Å². The Labute approximate surface area is 329 Å². The fraction of sp³-hybridized carbons (Fsp3) is 0.342. The van der Waals surface area contributed by atoms with Crippen LogP contribution in [0.1, 0.15) is 92.1 Å². The number of rotatable bonds is 12. The summed E-state index contributed by atoms with van der Waals surface area (Å²) in [6.45, 7) is 6.82. The molecule has 3 aliphatic rings. The van der Waals surface area contributed by atoms with Crippen LogP contribution in [0.3, 0.4) is 0 Å². The topological polar surface area (TPSA) is 185 Å². The number of aromatic nitrogens is 3.